The highest BCUT2D eigenvalue weighted by molar-refractivity contribution is 7.09. The molecule has 3 aromatic rings. The maximum atomic E-state index is 12.3. The number of fused-ring (bicyclic) bond motifs is 1. The van der Waals surface area contributed by atoms with Gasteiger partial charge in [0.2, 0.25) is 0 Å². The molecule has 0 aliphatic rings. The first-order chi connectivity index (χ1) is 9.28. The minimum Gasteiger partial charge on any atom is -0.267 e. The van der Waals surface area contributed by atoms with Gasteiger partial charge in [-0.2, -0.15) is 5.10 Å². The van der Waals surface area contributed by atoms with Gasteiger partial charge >= 0.3 is 0 Å². The lowest BCUT2D eigenvalue weighted by Crippen LogP contribution is -2.23. The Labute approximate surface area is 114 Å². The van der Waals surface area contributed by atoms with Crippen LogP contribution in [0.25, 0.3) is 10.8 Å². The summed E-state index contributed by atoms with van der Waals surface area (Å²) in [6.07, 6.45) is 2.64. The molecule has 0 unspecified atom stereocenters. The van der Waals surface area contributed by atoms with E-state index in [4.69, 9.17) is 0 Å². The first kappa shape index (κ1) is 12.0. The van der Waals surface area contributed by atoms with Crippen molar-refractivity contribution in [2.45, 2.75) is 19.9 Å². The Balaban J connectivity index is 2.01. The first-order valence-corrected chi connectivity index (χ1v) is 7.04. The molecule has 4 nitrogen and oxygen atoms in total. The van der Waals surface area contributed by atoms with Crippen LogP contribution < -0.4 is 5.56 Å². The molecule has 2 heterocycles. The quantitative estimate of drug-likeness (QED) is 0.735. The number of hydrogen-bond acceptors (Lipinski definition) is 4. The van der Waals surface area contributed by atoms with Gasteiger partial charge in [0.05, 0.1) is 23.8 Å². The predicted molar refractivity (Wildman–Crippen MR) is 76.6 cm³/mol. The van der Waals surface area contributed by atoms with Crippen molar-refractivity contribution in [3.8, 4) is 0 Å². The van der Waals surface area contributed by atoms with Crippen LogP contribution in [0.15, 0.2) is 40.6 Å². The molecule has 0 aliphatic carbocycles. The lowest BCUT2D eigenvalue weighted by atomic mass is 10.2. The minimum absolute atomic E-state index is 0.0636. The van der Waals surface area contributed by atoms with Crippen molar-refractivity contribution in [2.75, 3.05) is 0 Å². The number of rotatable bonds is 3. The lowest BCUT2D eigenvalue weighted by Gasteiger charge is -2.03. The normalized spacial score (nSPS) is 11.0. The third-order valence-corrected chi connectivity index (χ3v) is 3.89. The van der Waals surface area contributed by atoms with Crippen LogP contribution in [0.5, 0.6) is 0 Å². The van der Waals surface area contributed by atoms with E-state index in [0.717, 1.165) is 22.5 Å². The van der Waals surface area contributed by atoms with Gasteiger partial charge in [0.25, 0.3) is 5.56 Å². The molecule has 96 valence electrons. The van der Waals surface area contributed by atoms with Crippen LogP contribution in [0.3, 0.4) is 0 Å². The number of thiazole rings is 1. The van der Waals surface area contributed by atoms with Crippen LogP contribution in [0.2, 0.25) is 0 Å². The Morgan fingerprint density at radius 3 is 2.95 bits per heavy atom. The number of benzene rings is 1. The molecule has 0 saturated heterocycles. The van der Waals surface area contributed by atoms with Crippen molar-refractivity contribution in [1.82, 2.24) is 14.8 Å². The summed E-state index contributed by atoms with van der Waals surface area (Å²) >= 11 is 1.57. The van der Waals surface area contributed by atoms with Gasteiger partial charge in [-0.15, -0.1) is 11.3 Å². The predicted octanol–water partition coefficient (Wildman–Crippen LogP) is 2.46. The molecule has 0 bridgehead atoms. The monoisotopic (exact) mass is 271 g/mol. The summed E-state index contributed by atoms with van der Waals surface area (Å²) < 4.78 is 1.47. The van der Waals surface area contributed by atoms with Crippen molar-refractivity contribution in [2.24, 2.45) is 0 Å². The van der Waals surface area contributed by atoms with Gasteiger partial charge in [0.1, 0.15) is 5.01 Å². The molecule has 3 rings (SSSR count). The lowest BCUT2D eigenvalue weighted by molar-refractivity contribution is 0.643. The highest BCUT2D eigenvalue weighted by Crippen LogP contribution is 2.12. The summed E-state index contributed by atoms with van der Waals surface area (Å²) in [5, 5.41) is 8.73. The molecular formula is C14H13N3OS. The third kappa shape index (κ3) is 2.29. The molecule has 0 aliphatic heterocycles. The molecule has 1 aromatic carbocycles. The van der Waals surface area contributed by atoms with Gasteiger partial charge in [0, 0.05) is 10.8 Å². The highest BCUT2D eigenvalue weighted by atomic mass is 32.1. The Morgan fingerprint density at radius 2 is 2.16 bits per heavy atom. The summed E-state index contributed by atoms with van der Waals surface area (Å²) in [5.74, 6) is 0. The largest absolute Gasteiger partial charge is 0.275 e. The highest BCUT2D eigenvalue weighted by Gasteiger charge is 2.06. The molecular weight excluding hydrogens is 258 g/mol. The summed E-state index contributed by atoms with van der Waals surface area (Å²) in [5.41, 5.74) is 1.00. The number of aryl methyl sites for hydroxylation is 1. The van der Waals surface area contributed by atoms with Gasteiger partial charge < -0.3 is 0 Å². The van der Waals surface area contributed by atoms with Gasteiger partial charge in [-0.3, -0.25) is 4.79 Å². The van der Waals surface area contributed by atoms with Gasteiger partial charge in [0.15, 0.2) is 0 Å². The van der Waals surface area contributed by atoms with Gasteiger partial charge in [-0.25, -0.2) is 9.67 Å². The number of hydrogen-bond donors (Lipinski definition) is 0. The molecule has 2 aromatic heterocycles. The van der Waals surface area contributed by atoms with Crippen LogP contribution in [0, 0.1) is 0 Å². The molecule has 0 spiro atoms. The second kappa shape index (κ2) is 4.93. The summed E-state index contributed by atoms with van der Waals surface area (Å²) in [6.45, 7) is 2.51. The SMILES string of the molecule is CCc1csc(Cn2ncc3ccccc3c2=O)n1. The molecule has 0 fully saturated rings. The molecule has 0 radical (unpaired) electrons. The fourth-order valence-corrected chi connectivity index (χ4v) is 2.81. The van der Waals surface area contributed by atoms with Crippen LogP contribution in [-0.4, -0.2) is 14.8 Å². The Hall–Kier alpha value is -2.01. The standard InChI is InChI=1S/C14H13N3OS/c1-2-11-9-19-13(16-11)8-17-14(18)12-6-4-3-5-10(12)7-15-17/h3-7,9H,2,8H2,1H3. The van der Waals surface area contributed by atoms with E-state index in [0.29, 0.717) is 11.9 Å². The Kier molecular flexibility index (Phi) is 3.13. The zero-order valence-corrected chi connectivity index (χ0v) is 11.4. The van der Waals surface area contributed by atoms with Crippen molar-refractivity contribution < 1.29 is 0 Å². The topological polar surface area (TPSA) is 47.8 Å². The molecule has 0 saturated carbocycles. The number of nitrogens with zero attached hydrogens (tertiary/aromatic N) is 3. The average Bonchev–Trinajstić information content (AvgIpc) is 2.90. The van der Waals surface area contributed by atoms with Crippen LogP contribution in [-0.2, 0) is 13.0 Å². The maximum absolute atomic E-state index is 12.3. The van der Waals surface area contributed by atoms with E-state index < -0.39 is 0 Å². The molecule has 0 amide bonds. The second-order valence-electron chi connectivity index (χ2n) is 4.28. The third-order valence-electron chi connectivity index (χ3n) is 3.01. The van der Waals surface area contributed by atoms with Gasteiger partial charge in [-0.1, -0.05) is 25.1 Å². The average molecular weight is 271 g/mol. The van der Waals surface area contributed by atoms with Gasteiger partial charge in [-0.05, 0) is 12.5 Å². The van der Waals surface area contributed by atoms with E-state index in [9.17, 15) is 4.79 Å². The van der Waals surface area contributed by atoms with Crippen LogP contribution in [0.4, 0.5) is 0 Å². The summed E-state index contributed by atoms with van der Waals surface area (Å²) in [4.78, 5) is 16.8. The van der Waals surface area contributed by atoms with E-state index in [2.05, 4.69) is 17.0 Å². The zero-order valence-electron chi connectivity index (χ0n) is 10.5. The molecule has 0 atom stereocenters. The Morgan fingerprint density at radius 1 is 1.32 bits per heavy atom. The van der Waals surface area contributed by atoms with Crippen LogP contribution >= 0.6 is 11.3 Å². The van der Waals surface area contributed by atoms with Crippen LogP contribution in [0.1, 0.15) is 17.6 Å². The van der Waals surface area contributed by atoms with E-state index in [-0.39, 0.29) is 5.56 Å². The van der Waals surface area contributed by atoms with Crippen molar-refractivity contribution in [1.29, 1.82) is 0 Å². The van der Waals surface area contributed by atoms with Crippen molar-refractivity contribution in [3.05, 3.63) is 56.9 Å². The summed E-state index contributed by atoms with van der Waals surface area (Å²) in [6, 6.07) is 7.50. The summed E-state index contributed by atoms with van der Waals surface area (Å²) in [7, 11) is 0. The first-order valence-electron chi connectivity index (χ1n) is 6.16. The van der Waals surface area contributed by atoms with E-state index in [1.54, 1.807) is 17.5 Å². The maximum Gasteiger partial charge on any atom is 0.275 e. The smallest absolute Gasteiger partial charge is 0.267 e. The second-order valence-corrected chi connectivity index (χ2v) is 5.22. The molecule has 5 heteroatoms. The van der Waals surface area contributed by atoms with Crippen molar-refractivity contribution >= 4 is 22.1 Å². The fraction of sp³-hybridized carbons (Fsp3) is 0.214. The minimum atomic E-state index is -0.0636. The Bertz CT molecular complexity index is 775. The molecule has 19 heavy (non-hydrogen) atoms. The number of aromatic nitrogens is 3. The fourth-order valence-electron chi connectivity index (χ4n) is 1.95. The van der Waals surface area contributed by atoms with E-state index in [1.807, 2.05) is 29.6 Å². The van der Waals surface area contributed by atoms with E-state index >= 15 is 0 Å². The van der Waals surface area contributed by atoms with Crippen molar-refractivity contribution in [3.63, 3.8) is 0 Å². The molecule has 0 N–H and O–H groups in total. The zero-order chi connectivity index (χ0) is 13.2. The van der Waals surface area contributed by atoms with E-state index in [1.165, 1.54) is 4.68 Å².